The van der Waals surface area contributed by atoms with Gasteiger partial charge in [-0.3, -0.25) is 14.4 Å². The molecule has 30 heavy (non-hydrogen) atoms. The molecule has 0 saturated carbocycles. The Bertz CT molecular complexity index is 1060. The maximum Gasteiger partial charge on any atom is 0.291 e. The molecule has 0 radical (unpaired) electrons. The van der Waals surface area contributed by atoms with Crippen LogP contribution in [0.1, 0.15) is 42.4 Å². The molecule has 1 aromatic heterocycles. The van der Waals surface area contributed by atoms with Crippen LogP contribution in [0, 0.1) is 6.92 Å². The van der Waals surface area contributed by atoms with Crippen molar-refractivity contribution in [1.82, 2.24) is 10.2 Å². The number of anilines is 1. The van der Waals surface area contributed by atoms with Gasteiger partial charge in [0.25, 0.3) is 17.7 Å². The minimum atomic E-state index is -0.378. The first-order valence-electron chi connectivity index (χ1n) is 9.41. The highest BCUT2D eigenvalue weighted by Crippen LogP contribution is 2.20. The second-order valence-corrected chi connectivity index (χ2v) is 6.90. The van der Waals surface area contributed by atoms with Gasteiger partial charge in [-0.15, -0.1) is 0 Å². The van der Waals surface area contributed by atoms with Crippen LogP contribution < -0.4 is 10.6 Å². The van der Waals surface area contributed by atoms with E-state index in [2.05, 4.69) is 10.6 Å². The lowest BCUT2D eigenvalue weighted by atomic mass is 10.1. The lowest BCUT2D eigenvalue weighted by Gasteiger charge is -2.18. The van der Waals surface area contributed by atoms with Crippen molar-refractivity contribution < 1.29 is 18.8 Å². The minimum Gasteiger partial charge on any atom is -0.459 e. The Kier molecular flexibility index (Phi) is 6.32. The van der Waals surface area contributed by atoms with Gasteiger partial charge in [0.05, 0.1) is 6.26 Å². The molecule has 0 bridgehead atoms. The SMILES string of the molecule is CNC(=O)c1ccc(CN(C)C(=O)c2ccc(C)c(NC(=O)c3ccco3)c2)cc1. The zero-order chi connectivity index (χ0) is 21.7. The van der Waals surface area contributed by atoms with Gasteiger partial charge in [0.15, 0.2) is 5.76 Å². The summed E-state index contributed by atoms with van der Waals surface area (Å²) in [6.07, 6.45) is 1.43. The van der Waals surface area contributed by atoms with Crippen LogP contribution in [0.25, 0.3) is 0 Å². The molecule has 0 aliphatic heterocycles. The Balaban J connectivity index is 1.71. The van der Waals surface area contributed by atoms with Crippen LogP contribution in [0.5, 0.6) is 0 Å². The molecule has 3 rings (SSSR count). The highest BCUT2D eigenvalue weighted by molar-refractivity contribution is 6.04. The summed E-state index contributed by atoms with van der Waals surface area (Å²) in [5.41, 5.74) is 3.30. The number of hydrogen-bond donors (Lipinski definition) is 2. The fourth-order valence-electron chi connectivity index (χ4n) is 2.95. The maximum absolute atomic E-state index is 12.9. The van der Waals surface area contributed by atoms with Crippen molar-refractivity contribution in [3.63, 3.8) is 0 Å². The average molecular weight is 405 g/mol. The molecule has 0 saturated heterocycles. The van der Waals surface area contributed by atoms with E-state index in [1.54, 1.807) is 61.5 Å². The van der Waals surface area contributed by atoms with Crippen LogP contribution in [0.2, 0.25) is 0 Å². The van der Waals surface area contributed by atoms with E-state index in [9.17, 15) is 14.4 Å². The first-order chi connectivity index (χ1) is 14.4. The quantitative estimate of drug-likeness (QED) is 0.657. The van der Waals surface area contributed by atoms with E-state index in [1.165, 1.54) is 6.26 Å². The lowest BCUT2D eigenvalue weighted by Crippen LogP contribution is -2.26. The van der Waals surface area contributed by atoms with Gasteiger partial charge in [-0.25, -0.2) is 0 Å². The molecule has 0 unspecified atom stereocenters. The largest absolute Gasteiger partial charge is 0.459 e. The molecule has 7 nitrogen and oxygen atoms in total. The van der Waals surface area contributed by atoms with E-state index in [1.807, 2.05) is 19.1 Å². The van der Waals surface area contributed by atoms with E-state index in [-0.39, 0.29) is 23.5 Å². The van der Waals surface area contributed by atoms with Crippen molar-refractivity contribution in [1.29, 1.82) is 0 Å². The van der Waals surface area contributed by atoms with Crippen molar-refractivity contribution >= 4 is 23.4 Å². The van der Waals surface area contributed by atoms with Gasteiger partial charge in [0.2, 0.25) is 0 Å². The molecule has 0 spiro atoms. The van der Waals surface area contributed by atoms with Gasteiger partial charge < -0.3 is 20.0 Å². The fraction of sp³-hybridized carbons (Fsp3) is 0.174. The van der Waals surface area contributed by atoms with Gasteiger partial charge in [-0.1, -0.05) is 18.2 Å². The second-order valence-electron chi connectivity index (χ2n) is 6.90. The van der Waals surface area contributed by atoms with Crippen molar-refractivity contribution in [2.45, 2.75) is 13.5 Å². The number of rotatable bonds is 6. The number of hydrogen-bond acceptors (Lipinski definition) is 4. The van der Waals surface area contributed by atoms with Crippen LogP contribution in [-0.2, 0) is 6.54 Å². The van der Waals surface area contributed by atoms with E-state index in [0.29, 0.717) is 23.4 Å². The summed E-state index contributed by atoms with van der Waals surface area (Å²) in [4.78, 5) is 38.4. The van der Waals surface area contributed by atoms with Crippen LogP contribution in [0.3, 0.4) is 0 Å². The molecule has 0 fully saturated rings. The Morgan fingerprint density at radius 2 is 1.67 bits per heavy atom. The third-order valence-corrected chi connectivity index (χ3v) is 4.69. The number of amides is 3. The molecule has 3 aromatic rings. The molecule has 0 aliphatic carbocycles. The molecule has 154 valence electrons. The van der Waals surface area contributed by atoms with Crippen LogP contribution in [0.4, 0.5) is 5.69 Å². The van der Waals surface area contributed by atoms with Crippen LogP contribution in [0.15, 0.2) is 65.3 Å². The third kappa shape index (κ3) is 4.75. The van der Waals surface area contributed by atoms with Crippen molar-refractivity contribution in [2.24, 2.45) is 0 Å². The lowest BCUT2D eigenvalue weighted by molar-refractivity contribution is 0.0784. The number of carbonyl (C=O) groups is 3. The van der Waals surface area contributed by atoms with Gasteiger partial charge in [-0.2, -0.15) is 0 Å². The van der Waals surface area contributed by atoms with Gasteiger partial charge in [0.1, 0.15) is 0 Å². The molecule has 7 heteroatoms. The molecule has 2 aromatic carbocycles. The normalized spacial score (nSPS) is 10.4. The minimum absolute atomic E-state index is 0.158. The Morgan fingerprint density at radius 1 is 0.967 bits per heavy atom. The highest BCUT2D eigenvalue weighted by Gasteiger charge is 2.16. The van der Waals surface area contributed by atoms with Crippen molar-refractivity contribution in [2.75, 3.05) is 19.4 Å². The number of nitrogens with zero attached hydrogens (tertiary/aromatic N) is 1. The summed E-state index contributed by atoms with van der Waals surface area (Å²) in [5.74, 6) is -0.519. The first kappa shape index (κ1) is 20.9. The standard InChI is InChI=1S/C23H23N3O4/c1-15-6-9-18(13-19(15)25-22(28)20-5-4-12-30-20)23(29)26(3)14-16-7-10-17(11-8-16)21(27)24-2/h4-13H,14H2,1-3H3,(H,24,27)(H,25,28). The van der Waals surface area contributed by atoms with Gasteiger partial charge in [0, 0.05) is 37.5 Å². The van der Waals surface area contributed by atoms with E-state index >= 15 is 0 Å². The summed E-state index contributed by atoms with van der Waals surface area (Å²) >= 11 is 0. The third-order valence-electron chi connectivity index (χ3n) is 4.69. The molecule has 0 atom stereocenters. The molecule has 1 heterocycles. The second kappa shape index (κ2) is 9.09. The smallest absolute Gasteiger partial charge is 0.291 e. The van der Waals surface area contributed by atoms with Crippen LogP contribution >= 0.6 is 0 Å². The number of carbonyl (C=O) groups excluding carboxylic acids is 3. The number of benzene rings is 2. The Labute approximate surface area is 174 Å². The Hall–Kier alpha value is -3.87. The van der Waals surface area contributed by atoms with Crippen molar-refractivity contribution in [3.8, 4) is 0 Å². The van der Waals surface area contributed by atoms with E-state index in [0.717, 1.165) is 11.1 Å². The average Bonchev–Trinajstić information content (AvgIpc) is 3.30. The molecule has 0 aliphatic rings. The fourth-order valence-corrected chi connectivity index (χ4v) is 2.95. The zero-order valence-corrected chi connectivity index (χ0v) is 17.1. The highest BCUT2D eigenvalue weighted by atomic mass is 16.3. The molecule has 2 N–H and O–H groups in total. The molecular formula is C23H23N3O4. The van der Waals surface area contributed by atoms with E-state index in [4.69, 9.17) is 4.42 Å². The summed E-state index contributed by atoms with van der Waals surface area (Å²) in [6, 6.07) is 15.5. The summed E-state index contributed by atoms with van der Waals surface area (Å²) in [7, 11) is 3.28. The summed E-state index contributed by atoms with van der Waals surface area (Å²) < 4.78 is 5.11. The van der Waals surface area contributed by atoms with Crippen molar-refractivity contribution in [3.05, 3.63) is 88.9 Å². The number of furan rings is 1. The van der Waals surface area contributed by atoms with E-state index < -0.39 is 0 Å². The maximum atomic E-state index is 12.9. The molecule has 3 amide bonds. The monoisotopic (exact) mass is 405 g/mol. The number of nitrogens with one attached hydrogen (secondary N) is 2. The number of aryl methyl sites for hydroxylation is 1. The van der Waals surface area contributed by atoms with Crippen LogP contribution in [-0.4, -0.2) is 36.7 Å². The predicted molar refractivity (Wildman–Crippen MR) is 113 cm³/mol. The summed E-state index contributed by atoms with van der Waals surface area (Å²) in [6.45, 7) is 2.23. The zero-order valence-electron chi connectivity index (χ0n) is 17.1. The molecular weight excluding hydrogens is 382 g/mol. The van der Waals surface area contributed by atoms with Gasteiger partial charge >= 0.3 is 0 Å². The Morgan fingerprint density at radius 3 is 2.30 bits per heavy atom. The van der Waals surface area contributed by atoms with Gasteiger partial charge in [-0.05, 0) is 54.4 Å². The summed E-state index contributed by atoms with van der Waals surface area (Å²) in [5, 5.41) is 5.35. The first-order valence-corrected chi connectivity index (χ1v) is 9.41. The topological polar surface area (TPSA) is 91.7 Å². The predicted octanol–water partition coefficient (Wildman–Crippen LogP) is 3.47.